The minimum absolute atomic E-state index is 1.14. The van der Waals surface area contributed by atoms with Gasteiger partial charge in [0.15, 0.2) is 0 Å². The van der Waals surface area contributed by atoms with E-state index in [0.717, 1.165) is 5.57 Å². The molecule has 0 aliphatic rings. The minimum atomic E-state index is 1.14. The third-order valence-corrected chi connectivity index (χ3v) is 1.84. The van der Waals surface area contributed by atoms with Gasteiger partial charge in [0.1, 0.15) is 0 Å². The molecule has 0 heteroatoms. The van der Waals surface area contributed by atoms with Crippen LogP contribution in [0.5, 0.6) is 0 Å². The molecule has 17 heavy (non-hydrogen) atoms. The van der Waals surface area contributed by atoms with Gasteiger partial charge in [0.2, 0.25) is 0 Å². The van der Waals surface area contributed by atoms with Crippen LogP contribution in [0.4, 0.5) is 0 Å². The van der Waals surface area contributed by atoms with E-state index >= 15 is 0 Å². The van der Waals surface area contributed by atoms with Gasteiger partial charge in [-0.25, -0.2) is 0 Å². The SMILES string of the molecule is C=C.C=C(C)c1ccc(C)cc1C.CC.CC. The fraction of sp³-hybridized carbons (Fsp3) is 0.412. The Morgan fingerprint density at radius 2 is 1.35 bits per heavy atom. The van der Waals surface area contributed by atoms with Gasteiger partial charge in [-0.2, -0.15) is 0 Å². The van der Waals surface area contributed by atoms with Crippen molar-refractivity contribution in [2.24, 2.45) is 0 Å². The lowest BCUT2D eigenvalue weighted by atomic mass is 10.0. The number of hydrogen-bond donors (Lipinski definition) is 0. The predicted molar refractivity (Wildman–Crippen MR) is 84.6 cm³/mol. The van der Waals surface area contributed by atoms with Crippen molar-refractivity contribution in [3.63, 3.8) is 0 Å². The summed E-state index contributed by atoms with van der Waals surface area (Å²) in [6.45, 7) is 24.2. The van der Waals surface area contributed by atoms with Crippen LogP contribution in [0.2, 0.25) is 0 Å². The van der Waals surface area contributed by atoms with E-state index in [-0.39, 0.29) is 0 Å². The maximum Gasteiger partial charge on any atom is -0.0204 e. The molecule has 1 aromatic rings. The van der Waals surface area contributed by atoms with E-state index in [4.69, 9.17) is 0 Å². The van der Waals surface area contributed by atoms with E-state index in [2.05, 4.69) is 51.8 Å². The molecule has 0 N–H and O–H groups in total. The lowest BCUT2D eigenvalue weighted by Crippen LogP contribution is -1.84. The molecular weight excluding hydrogens is 204 g/mol. The normalized spacial score (nSPS) is 7.24. The van der Waals surface area contributed by atoms with E-state index in [9.17, 15) is 0 Å². The van der Waals surface area contributed by atoms with Crippen molar-refractivity contribution in [2.45, 2.75) is 48.5 Å². The van der Waals surface area contributed by atoms with Crippen molar-refractivity contribution in [3.05, 3.63) is 54.6 Å². The van der Waals surface area contributed by atoms with Crippen LogP contribution in [0.1, 0.15) is 51.3 Å². The molecule has 0 saturated carbocycles. The number of aryl methyl sites for hydroxylation is 2. The first-order chi connectivity index (χ1) is 8.11. The lowest BCUT2D eigenvalue weighted by molar-refractivity contribution is 1.35. The van der Waals surface area contributed by atoms with Crippen molar-refractivity contribution < 1.29 is 0 Å². The second-order valence-corrected chi connectivity index (χ2v) is 3.10. The Balaban J connectivity index is -0.000000285. The summed E-state index contributed by atoms with van der Waals surface area (Å²) in [7, 11) is 0. The Morgan fingerprint density at radius 3 is 1.65 bits per heavy atom. The number of rotatable bonds is 1. The van der Waals surface area contributed by atoms with E-state index in [1.165, 1.54) is 16.7 Å². The van der Waals surface area contributed by atoms with Crippen molar-refractivity contribution >= 4 is 5.57 Å². The van der Waals surface area contributed by atoms with Gasteiger partial charge in [0.25, 0.3) is 0 Å². The summed E-state index contributed by atoms with van der Waals surface area (Å²) in [5, 5.41) is 0. The molecule has 0 fully saturated rings. The van der Waals surface area contributed by atoms with Crippen LogP contribution in [-0.2, 0) is 0 Å². The summed E-state index contributed by atoms with van der Waals surface area (Å²) in [5.74, 6) is 0. The predicted octanol–water partition coefficient (Wildman–Crippen LogP) is 6.19. The van der Waals surface area contributed by atoms with Crippen molar-refractivity contribution in [3.8, 4) is 0 Å². The molecule has 0 spiro atoms. The zero-order valence-corrected chi connectivity index (χ0v) is 12.9. The molecule has 0 amide bonds. The summed E-state index contributed by atoms with van der Waals surface area (Å²) in [6, 6.07) is 6.44. The maximum absolute atomic E-state index is 3.92. The molecule has 0 aromatic heterocycles. The maximum atomic E-state index is 3.92. The minimum Gasteiger partial charge on any atom is -0.106 e. The molecule has 0 bridgehead atoms. The van der Waals surface area contributed by atoms with Gasteiger partial charge in [-0.3, -0.25) is 0 Å². The van der Waals surface area contributed by atoms with Crippen molar-refractivity contribution in [2.75, 3.05) is 0 Å². The van der Waals surface area contributed by atoms with Gasteiger partial charge in [0, 0.05) is 0 Å². The molecule has 1 aromatic carbocycles. The van der Waals surface area contributed by atoms with E-state index in [1.807, 2.05) is 34.6 Å². The summed E-state index contributed by atoms with van der Waals surface area (Å²) >= 11 is 0. The first-order valence-electron chi connectivity index (χ1n) is 6.34. The summed E-state index contributed by atoms with van der Waals surface area (Å²) in [4.78, 5) is 0. The van der Waals surface area contributed by atoms with Crippen LogP contribution >= 0.6 is 0 Å². The van der Waals surface area contributed by atoms with Crippen LogP contribution in [0, 0.1) is 13.8 Å². The van der Waals surface area contributed by atoms with Crippen LogP contribution < -0.4 is 0 Å². The fourth-order valence-corrected chi connectivity index (χ4v) is 1.29. The molecule has 0 atom stereocenters. The molecule has 0 heterocycles. The van der Waals surface area contributed by atoms with E-state index in [1.54, 1.807) is 0 Å². The Hall–Kier alpha value is -1.30. The summed E-state index contributed by atoms with van der Waals surface area (Å²) in [6.07, 6.45) is 0. The average molecular weight is 234 g/mol. The second kappa shape index (κ2) is 14.7. The molecule has 0 nitrogen and oxygen atoms in total. The summed E-state index contributed by atoms with van der Waals surface area (Å²) < 4.78 is 0. The number of allylic oxidation sites excluding steroid dienone is 1. The zero-order valence-electron chi connectivity index (χ0n) is 12.9. The Bertz CT molecular complexity index is 295. The van der Waals surface area contributed by atoms with Crippen molar-refractivity contribution in [1.82, 2.24) is 0 Å². The number of hydrogen-bond acceptors (Lipinski definition) is 0. The van der Waals surface area contributed by atoms with E-state index < -0.39 is 0 Å². The van der Waals surface area contributed by atoms with Crippen LogP contribution in [0.25, 0.3) is 5.57 Å². The van der Waals surface area contributed by atoms with E-state index in [0.29, 0.717) is 0 Å². The first-order valence-corrected chi connectivity index (χ1v) is 6.34. The topological polar surface area (TPSA) is 0 Å². The molecule has 1 rings (SSSR count). The standard InChI is InChI=1S/C11H14.2C2H6.C2H4/c1-8(2)11-6-5-9(3)7-10(11)4;3*1-2/h5-7H,1H2,2-4H3;2*1-2H3;1-2H2. The quantitative estimate of drug-likeness (QED) is 0.508. The smallest absolute Gasteiger partial charge is 0.0204 e. The van der Waals surface area contributed by atoms with Gasteiger partial charge >= 0.3 is 0 Å². The zero-order chi connectivity index (χ0) is 14.4. The highest BCUT2D eigenvalue weighted by Gasteiger charge is 1.96. The highest BCUT2D eigenvalue weighted by atomic mass is 14.0. The molecule has 0 unspecified atom stereocenters. The van der Waals surface area contributed by atoms with Gasteiger partial charge < -0.3 is 0 Å². The lowest BCUT2D eigenvalue weighted by Gasteiger charge is -2.04. The molecule has 0 saturated heterocycles. The van der Waals surface area contributed by atoms with Gasteiger partial charge in [-0.05, 0) is 31.9 Å². The van der Waals surface area contributed by atoms with Crippen LogP contribution in [0.3, 0.4) is 0 Å². The Kier molecular flexibility index (Phi) is 18.2. The molecule has 98 valence electrons. The molecule has 0 radical (unpaired) electrons. The average Bonchev–Trinajstić information content (AvgIpc) is 2.36. The van der Waals surface area contributed by atoms with Gasteiger partial charge in [0.05, 0.1) is 0 Å². The Labute approximate surface area is 109 Å². The third-order valence-electron chi connectivity index (χ3n) is 1.84. The first kappa shape index (κ1) is 21.0. The molecule has 0 aliphatic heterocycles. The largest absolute Gasteiger partial charge is 0.106 e. The fourth-order valence-electron chi connectivity index (χ4n) is 1.29. The highest BCUT2D eigenvalue weighted by Crippen LogP contribution is 2.17. The summed E-state index contributed by atoms with van der Waals surface area (Å²) in [5.41, 5.74) is 5.04. The van der Waals surface area contributed by atoms with Crippen molar-refractivity contribution in [1.29, 1.82) is 0 Å². The van der Waals surface area contributed by atoms with Crippen LogP contribution in [0.15, 0.2) is 37.9 Å². The number of benzene rings is 1. The Morgan fingerprint density at radius 1 is 0.941 bits per heavy atom. The molecular formula is C17H30. The van der Waals surface area contributed by atoms with Gasteiger partial charge in [-0.15, -0.1) is 13.2 Å². The highest BCUT2D eigenvalue weighted by molar-refractivity contribution is 5.64. The second-order valence-electron chi connectivity index (χ2n) is 3.10. The van der Waals surface area contributed by atoms with Crippen LogP contribution in [-0.4, -0.2) is 0 Å². The monoisotopic (exact) mass is 234 g/mol. The van der Waals surface area contributed by atoms with Gasteiger partial charge in [-0.1, -0.05) is 63.6 Å². The molecule has 0 aliphatic carbocycles. The third kappa shape index (κ3) is 9.62.